The molecule has 2 aromatic rings. The normalized spacial score (nSPS) is 15.4. The molecular formula is C26H31ClF2N2O2. The van der Waals surface area contributed by atoms with Crippen LogP contribution < -0.4 is 0 Å². The maximum absolute atomic E-state index is 14.3. The first kappa shape index (κ1) is 25.2. The van der Waals surface area contributed by atoms with Crippen molar-refractivity contribution in [2.75, 3.05) is 20.1 Å². The SMILES string of the molecule is CCC(=O)N(C)[C@@H](Cc1ccc(F)cc1F)C1CCN(C(=O)CCc2ccccc2Cl)CC1. The van der Waals surface area contributed by atoms with E-state index in [1.165, 1.54) is 12.1 Å². The topological polar surface area (TPSA) is 40.6 Å². The summed E-state index contributed by atoms with van der Waals surface area (Å²) < 4.78 is 27.7. The molecule has 7 heteroatoms. The molecular weight excluding hydrogens is 446 g/mol. The second kappa shape index (κ2) is 11.6. The third-order valence-corrected chi connectivity index (χ3v) is 7.01. The van der Waals surface area contributed by atoms with E-state index in [9.17, 15) is 18.4 Å². The van der Waals surface area contributed by atoms with Crippen molar-refractivity contribution in [3.05, 3.63) is 70.2 Å². The van der Waals surface area contributed by atoms with Gasteiger partial charge in [-0.1, -0.05) is 42.8 Å². The van der Waals surface area contributed by atoms with Crippen LogP contribution in [0.15, 0.2) is 42.5 Å². The fourth-order valence-electron chi connectivity index (χ4n) is 4.60. The fraction of sp³-hybridized carbons (Fsp3) is 0.462. The number of likely N-dealkylation sites (tertiary alicyclic amines) is 1. The minimum Gasteiger partial charge on any atom is -0.343 e. The van der Waals surface area contributed by atoms with E-state index in [1.807, 2.05) is 29.2 Å². The summed E-state index contributed by atoms with van der Waals surface area (Å²) in [7, 11) is 1.75. The summed E-state index contributed by atoms with van der Waals surface area (Å²) >= 11 is 6.20. The van der Waals surface area contributed by atoms with Crippen LogP contribution in [0.25, 0.3) is 0 Å². The van der Waals surface area contributed by atoms with E-state index in [0.717, 1.165) is 24.5 Å². The number of rotatable bonds is 8. The largest absolute Gasteiger partial charge is 0.343 e. The highest BCUT2D eigenvalue weighted by atomic mass is 35.5. The van der Waals surface area contributed by atoms with Crippen molar-refractivity contribution >= 4 is 23.4 Å². The molecule has 33 heavy (non-hydrogen) atoms. The van der Waals surface area contributed by atoms with Crippen LogP contribution in [0.4, 0.5) is 8.78 Å². The van der Waals surface area contributed by atoms with Crippen LogP contribution in [0.1, 0.15) is 43.7 Å². The smallest absolute Gasteiger partial charge is 0.222 e. The van der Waals surface area contributed by atoms with E-state index in [4.69, 9.17) is 11.6 Å². The number of carbonyl (C=O) groups excluding carboxylic acids is 2. The van der Waals surface area contributed by atoms with E-state index in [0.29, 0.717) is 49.4 Å². The zero-order valence-electron chi connectivity index (χ0n) is 19.2. The molecule has 1 aliphatic rings. The van der Waals surface area contributed by atoms with Gasteiger partial charge >= 0.3 is 0 Å². The molecule has 0 aromatic heterocycles. The number of aryl methyl sites for hydroxylation is 1. The van der Waals surface area contributed by atoms with E-state index >= 15 is 0 Å². The third kappa shape index (κ3) is 6.53. The van der Waals surface area contributed by atoms with E-state index in [1.54, 1.807) is 18.9 Å². The molecule has 3 rings (SSSR count). The monoisotopic (exact) mass is 476 g/mol. The van der Waals surface area contributed by atoms with Crippen LogP contribution >= 0.6 is 11.6 Å². The minimum absolute atomic E-state index is 0.0132. The average molecular weight is 477 g/mol. The van der Waals surface area contributed by atoms with Crippen LogP contribution in [-0.4, -0.2) is 47.8 Å². The molecule has 0 radical (unpaired) electrons. The lowest BCUT2D eigenvalue weighted by Crippen LogP contribution is -2.48. The van der Waals surface area contributed by atoms with Gasteiger partial charge < -0.3 is 9.80 Å². The van der Waals surface area contributed by atoms with Gasteiger partial charge in [0.1, 0.15) is 11.6 Å². The molecule has 1 aliphatic heterocycles. The Labute approximate surface area is 199 Å². The van der Waals surface area contributed by atoms with Gasteiger partial charge in [0.05, 0.1) is 0 Å². The second-order valence-corrected chi connectivity index (χ2v) is 9.08. The lowest BCUT2D eigenvalue weighted by Gasteiger charge is -2.40. The quantitative estimate of drug-likeness (QED) is 0.520. The van der Waals surface area contributed by atoms with Gasteiger partial charge in [-0.05, 0) is 54.9 Å². The van der Waals surface area contributed by atoms with Gasteiger partial charge in [0.25, 0.3) is 0 Å². The highest BCUT2D eigenvalue weighted by molar-refractivity contribution is 6.31. The predicted molar refractivity (Wildman–Crippen MR) is 126 cm³/mol. The van der Waals surface area contributed by atoms with Gasteiger partial charge in [0, 0.05) is 50.1 Å². The van der Waals surface area contributed by atoms with Crippen LogP contribution in [0.2, 0.25) is 5.02 Å². The van der Waals surface area contributed by atoms with Gasteiger partial charge in [-0.25, -0.2) is 8.78 Å². The summed E-state index contributed by atoms with van der Waals surface area (Å²) in [5.74, 6) is -1.00. The van der Waals surface area contributed by atoms with Crippen LogP contribution in [-0.2, 0) is 22.4 Å². The molecule has 0 aliphatic carbocycles. The van der Waals surface area contributed by atoms with Crippen molar-refractivity contribution in [3.63, 3.8) is 0 Å². The van der Waals surface area contributed by atoms with Gasteiger partial charge in [-0.3, -0.25) is 9.59 Å². The molecule has 0 spiro atoms. The minimum atomic E-state index is -0.616. The van der Waals surface area contributed by atoms with Crippen molar-refractivity contribution in [3.8, 4) is 0 Å². The Hall–Kier alpha value is -2.47. The molecule has 1 heterocycles. The molecule has 2 amide bonds. The number of amides is 2. The first-order valence-electron chi connectivity index (χ1n) is 11.5. The summed E-state index contributed by atoms with van der Waals surface area (Å²) in [4.78, 5) is 28.8. The zero-order valence-corrected chi connectivity index (χ0v) is 20.0. The number of nitrogens with zero attached hydrogens (tertiary/aromatic N) is 2. The maximum atomic E-state index is 14.3. The van der Waals surface area contributed by atoms with E-state index in [-0.39, 0.29) is 23.8 Å². The molecule has 1 fully saturated rings. The Morgan fingerprint density at radius 3 is 2.45 bits per heavy atom. The highest BCUT2D eigenvalue weighted by Gasteiger charge is 2.32. The number of carbonyl (C=O) groups is 2. The molecule has 0 unspecified atom stereocenters. The lowest BCUT2D eigenvalue weighted by atomic mass is 9.84. The number of benzene rings is 2. The lowest BCUT2D eigenvalue weighted by molar-refractivity contribution is -0.136. The van der Waals surface area contributed by atoms with Crippen LogP contribution in [0, 0.1) is 17.6 Å². The van der Waals surface area contributed by atoms with Crippen molar-refractivity contribution in [2.24, 2.45) is 5.92 Å². The first-order valence-corrected chi connectivity index (χ1v) is 11.9. The van der Waals surface area contributed by atoms with Crippen molar-refractivity contribution < 1.29 is 18.4 Å². The molecule has 178 valence electrons. The van der Waals surface area contributed by atoms with E-state index in [2.05, 4.69) is 0 Å². The van der Waals surface area contributed by atoms with E-state index < -0.39 is 11.6 Å². The number of hydrogen-bond donors (Lipinski definition) is 0. The van der Waals surface area contributed by atoms with Crippen LogP contribution in [0.5, 0.6) is 0 Å². The molecule has 0 bridgehead atoms. The molecule has 1 atom stereocenters. The number of halogens is 3. The predicted octanol–water partition coefficient (Wildman–Crippen LogP) is 5.27. The first-order chi connectivity index (χ1) is 15.8. The molecule has 1 saturated heterocycles. The van der Waals surface area contributed by atoms with Gasteiger partial charge in [0.15, 0.2) is 0 Å². The van der Waals surface area contributed by atoms with Crippen LogP contribution in [0.3, 0.4) is 0 Å². The Morgan fingerprint density at radius 2 is 1.82 bits per heavy atom. The van der Waals surface area contributed by atoms with Gasteiger partial charge in [-0.2, -0.15) is 0 Å². The fourth-order valence-corrected chi connectivity index (χ4v) is 4.83. The van der Waals surface area contributed by atoms with Crippen molar-refractivity contribution in [2.45, 2.75) is 51.5 Å². The highest BCUT2D eigenvalue weighted by Crippen LogP contribution is 2.28. The summed E-state index contributed by atoms with van der Waals surface area (Å²) in [6, 6.07) is 10.9. The Balaban J connectivity index is 1.63. The molecule has 4 nitrogen and oxygen atoms in total. The third-order valence-electron chi connectivity index (χ3n) is 6.64. The summed E-state index contributed by atoms with van der Waals surface area (Å²) in [5.41, 5.74) is 1.36. The molecule has 2 aromatic carbocycles. The average Bonchev–Trinajstić information content (AvgIpc) is 2.82. The summed E-state index contributed by atoms with van der Waals surface area (Å²) in [5, 5.41) is 0.670. The number of likely N-dealkylation sites (N-methyl/N-ethyl adjacent to an activating group) is 1. The molecule has 0 N–H and O–H groups in total. The van der Waals surface area contributed by atoms with Crippen molar-refractivity contribution in [1.82, 2.24) is 9.80 Å². The Morgan fingerprint density at radius 1 is 1.12 bits per heavy atom. The molecule has 0 saturated carbocycles. The van der Waals surface area contributed by atoms with Gasteiger partial charge in [0.2, 0.25) is 11.8 Å². The zero-order chi connectivity index (χ0) is 24.0. The Bertz CT molecular complexity index is 977. The summed E-state index contributed by atoms with van der Waals surface area (Å²) in [6.45, 7) is 3.00. The number of hydrogen-bond acceptors (Lipinski definition) is 2. The maximum Gasteiger partial charge on any atom is 0.222 e. The number of piperidine rings is 1. The standard InChI is InChI=1S/C26H31ClF2N2O2/c1-3-25(32)30(2)24(16-20-8-10-21(28)17-23(20)29)19-12-14-31(15-13-19)26(33)11-9-18-6-4-5-7-22(18)27/h4-8,10,17,19,24H,3,9,11-16H2,1-2H3/t24-/m0/s1. The second-order valence-electron chi connectivity index (χ2n) is 8.68. The van der Waals surface area contributed by atoms with Gasteiger partial charge in [-0.15, -0.1) is 0 Å². The Kier molecular flexibility index (Phi) is 8.84. The van der Waals surface area contributed by atoms with Crippen molar-refractivity contribution in [1.29, 1.82) is 0 Å². The summed E-state index contributed by atoms with van der Waals surface area (Å²) in [6.07, 6.45) is 3.13.